The van der Waals surface area contributed by atoms with Crippen LogP contribution < -0.4 is 10.2 Å². The fraction of sp³-hybridized carbons (Fsp3) is 0.421. The Morgan fingerprint density at radius 2 is 2.00 bits per heavy atom. The highest BCUT2D eigenvalue weighted by molar-refractivity contribution is 5.96. The number of hydrogen-bond acceptors (Lipinski definition) is 4. The van der Waals surface area contributed by atoms with Crippen molar-refractivity contribution in [2.45, 2.75) is 32.1 Å². The van der Waals surface area contributed by atoms with Gasteiger partial charge in [-0.15, -0.1) is 0 Å². The number of nitrogens with one attached hydrogen (secondary N) is 1. The van der Waals surface area contributed by atoms with E-state index in [0.717, 1.165) is 31.5 Å². The number of nitrogens with zero attached hydrogens (tertiary/aromatic N) is 1. The molecule has 1 heterocycles. The highest BCUT2D eigenvalue weighted by atomic mass is 16.5. The lowest BCUT2D eigenvalue weighted by molar-refractivity contribution is -0.151. The van der Waals surface area contributed by atoms with Crippen molar-refractivity contribution in [2.75, 3.05) is 23.4 Å². The standard InChI is InChI=1S/C19H22N2O4/c22-17(13-25-19(24)14-5-2-1-3-6-14)20-15-8-10-16(11-9-15)21-12-4-7-18(21)23/h1-2,8-11,14H,3-7,12-13H2,(H,20,22)/t14-/m1/s1. The maximum atomic E-state index is 11.9. The highest BCUT2D eigenvalue weighted by Gasteiger charge is 2.22. The third kappa shape index (κ3) is 4.47. The summed E-state index contributed by atoms with van der Waals surface area (Å²) in [4.78, 5) is 37.3. The van der Waals surface area contributed by atoms with Gasteiger partial charge in [-0.1, -0.05) is 12.2 Å². The van der Waals surface area contributed by atoms with Crippen LogP contribution in [0.4, 0.5) is 11.4 Å². The van der Waals surface area contributed by atoms with E-state index in [9.17, 15) is 14.4 Å². The van der Waals surface area contributed by atoms with E-state index in [4.69, 9.17) is 4.74 Å². The maximum absolute atomic E-state index is 11.9. The van der Waals surface area contributed by atoms with Crippen LogP contribution in [-0.4, -0.2) is 30.9 Å². The summed E-state index contributed by atoms with van der Waals surface area (Å²) in [6, 6.07) is 7.09. The molecule has 1 N–H and O–H groups in total. The van der Waals surface area contributed by atoms with Gasteiger partial charge in [0.15, 0.2) is 6.61 Å². The molecule has 1 saturated heterocycles. The second-order valence-electron chi connectivity index (χ2n) is 6.33. The van der Waals surface area contributed by atoms with Crippen molar-refractivity contribution >= 4 is 29.2 Å². The first kappa shape index (κ1) is 17.2. The van der Waals surface area contributed by atoms with E-state index in [1.165, 1.54) is 0 Å². The average molecular weight is 342 g/mol. The van der Waals surface area contributed by atoms with Gasteiger partial charge < -0.3 is 15.0 Å². The van der Waals surface area contributed by atoms with Crippen LogP contribution in [0.15, 0.2) is 36.4 Å². The number of benzene rings is 1. The number of hydrogen-bond donors (Lipinski definition) is 1. The Morgan fingerprint density at radius 3 is 2.64 bits per heavy atom. The molecule has 1 fully saturated rings. The van der Waals surface area contributed by atoms with Gasteiger partial charge in [-0.25, -0.2) is 0 Å². The third-order valence-corrected chi connectivity index (χ3v) is 4.48. The molecule has 0 unspecified atom stereocenters. The molecule has 6 nitrogen and oxygen atoms in total. The summed E-state index contributed by atoms with van der Waals surface area (Å²) < 4.78 is 5.10. The van der Waals surface area contributed by atoms with Crippen molar-refractivity contribution in [2.24, 2.45) is 5.92 Å². The first-order chi connectivity index (χ1) is 12.1. The summed E-state index contributed by atoms with van der Waals surface area (Å²) in [5.41, 5.74) is 1.44. The van der Waals surface area contributed by atoms with Gasteiger partial charge in [-0.05, 0) is 49.9 Å². The van der Waals surface area contributed by atoms with Crippen molar-refractivity contribution in [1.29, 1.82) is 0 Å². The van der Waals surface area contributed by atoms with Gasteiger partial charge in [-0.3, -0.25) is 14.4 Å². The summed E-state index contributed by atoms with van der Waals surface area (Å²) >= 11 is 0. The van der Waals surface area contributed by atoms with Crippen LogP contribution in [0, 0.1) is 5.92 Å². The van der Waals surface area contributed by atoms with Crippen LogP contribution in [0.2, 0.25) is 0 Å². The Hall–Kier alpha value is -2.63. The molecule has 1 aromatic rings. The van der Waals surface area contributed by atoms with Crippen LogP contribution in [0.1, 0.15) is 32.1 Å². The fourth-order valence-electron chi connectivity index (χ4n) is 3.11. The van der Waals surface area contributed by atoms with Crippen LogP contribution in [0.3, 0.4) is 0 Å². The molecule has 3 rings (SSSR count). The average Bonchev–Trinajstić information content (AvgIpc) is 3.07. The van der Waals surface area contributed by atoms with Crippen molar-refractivity contribution in [3.05, 3.63) is 36.4 Å². The maximum Gasteiger partial charge on any atom is 0.309 e. The lowest BCUT2D eigenvalue weighted by atomic mass is 9.95. The fourth-order valence-corrected chi connectivity index (χ4v) is 3.11. The predicted molar refractivity (Wildman–Crippen MR) is 94.1 cm³/mol. The molecule has 0 spiro atoms. The number of rotatable bonds is 5. The Kier molecular flexibility index (Phi) is 5.48. The van der Waals surface area contributed by atoms with E-state index < -0.39 is 0 Å². The summed E-state index contributed by atoms with van der Waals surface area (Å²) in [5, 5.41) is 2.70. The van der Waals surface area contributed by atoms with E-state index in [1.807, 2.05) is 6.08 Å². The largest absolute Gasteiger partial charge is 0.455 e. The molecule has 132 valence electrons. The molecule has 6 heteroatoms. The molecule has 2 aliphatic rings. The molecule has 1 atom stereocenters. The van der Waals surface area contributed by atoms with Gasteiger partial charge in [-0.2, -0.15) is 0 Å². The molecule has 1 aliphatic heterocycles. The smallest absolute Gasteiger partial charge is 0.309 e. The predicted octanol–water partition coefficient (Wildman–Crippen LogP) is 2.65. The van der Waals surface area contributed by atoms with Crippen molar-refractivity contribution in [1.82, 2.24) is 0 Å². The zero-order valence-electron chi connectivity index (χ0n) is 14.1. The zero-order chi connectivity index (χ0) is 17.6. The third-order valence-electron chi connectivity index (χ3n) is 4.48. The van der Waals surface area contributed by atoms with Crippen LogP contribution in [-0.2, 0) is 19.1 Å². The van der Waals surface area contributed by atoms with Crippen molar-refractivity contribution in [3.8, 4) is 0 Å². The first-order valence-corrected chi connectivity index (χ1v) is 8.65. The summed E-state index contributed by atoms with van der Waals surface area (Å²) in [6.45, 7) is 0.447. The molecular formula is C19H22N2O4. The lowest BCUT2D eigenvalue weighted by Gasteiger charge is -2.17. The van der Waals surface area contributed by atoms with E-state index in [0.29, 0.717) is 18.5 Å². The van der Waals surface area contributed by atoms with Crippen molar-refractivity contribution in [3.63, 3.8) is 0 Å². The first-order valence-electron chi connectivity index (χ1n) is 8.65. The van der Waals surface area contributed by atoms with E-state index in [-0.39, 0.29) is 30.3 Å². The van der Waals surface area contributed by atoms with E-state index >= 15 is 0 Å². The minimum atomic E-state index is -0.371. The summed E-state index contributed by atoms with van der Waals surface area (Å²) in [5.74, 6) is -0.705. The van der Waals surface area contributed by atoms with Gasteiger partial charge >= 0.3 is 5.97 Å². The number of amides is 2. The SMILES string of the molecule is O=C(COC(=O)[C@@H]1CC=CCC1)Nc1ccc(N2CCCC2=O)cc1. The number of allylic oxidation sites excluding steroid dienone is 2. The van der Waals surface area contributed by atoms with Crippen LogP contribution in [0.5, 0.6) is 0 Å². The number of anilines is 2. The molecule has 0 saturated carbocycles. The van der Waals surface area contributed by atoms with Crippen LogP contribution in [0.25, 0.3) is 0 Å². The highest BCUT2D eigenvalue weighted by Crippen LogP contribution is 2.23. The molecule has 0 radical (unpaired) electrons. The minimum absolute atomic E-state index is 0.126. The van der Waals surface area contributed by atoms with Gasteiger partial charge in [0, 0.05) is 24.3 Å². The zero-order valence-corrected chi connectivity index (χ0v) is 14.1. The number of esters is 1. The molecule has 1 aliphatic carbocycles. The van der Waals surface area contributed by atoms with Gasteiger partial charge in [0.1, 0.15) is 0 Å². The normalized spacial score (nSPS) is 19.8. The van der Waals surface area contributed by atoms with Crippen LogP contribution >= 0.6 is 0 Å². The van der Waals surface area contributed by atoms with Gasteiger partial charge in [0.05, 0.1) is 5.92 Å². The summed E-state index contributed by atoms with van der Waals surface area (Å²) in [6.07, 6.45) is 7.81. The number of carbonyl (C=O) groups is 3. The number of carbonyl (C=O) groups excluding carboxylic acids is 3. The molecule has 0 bridgehead atoms. The molecule has 2 amide bonds. The monoisotopic (exact) mass is 342 g/mol. The van der Waals surface area contributed by atoms with Gasteiger partial charge in [0.25, 0.3) is 5.91 Å². The topological polar surface area (TPSA) is 75.7 Å². The molecule has 0 aromatic heterocycles. The second kappa shape index (κ2) is 7.96. The minimum Gasteiger partial charge on any atom is -0.455 e. The Morgan fingerprint density at radius 1 is 1.20 bits per heavy atom. The quantitative estimate of drug-likeness (QED) is 0.659. The van der Waals surface area contributed by atoms with Gasteiger partial charge in [0.2, 0.25) is 5.91 Å². The Labute approximate surface area is 146 Å². The second-order valence-corrected chi connectivity index (χ2v) is 6.33. The summed E-state index contributed by atoms with van der Waals surface area (Å²) in [7, 11) is 0. The molecular weight excluding hydrogens is 320 g/mol. The molecule has 1 aromatic carbocycles. The number of ether oxygens (including phenoxy) is 1. The Bertz CT molecular complexity index is 681. The lowest BCUT2D eigenvalue weighted by Crippen LogP contribution is -2.25. The van der Waals surface area contributed by atoms with E-state index in [1.54, 1.807) is 29.2 Å². The van der Waals surface area contributed by atoms with Crippen molar-refractivity contribution < 1.29 is 19.1 Å². The molecule has 25 heavy (non-hydrogen) atoms. The Balaban J connectivity index is 1.47. The van der Waals surface area contributed by atoms with E-state index in [2.05, 4.69) is 11.4 Å².